The molecule has 0 amide bonds. The molecule has 3 heteroatoms. The molecule has 1 fully saturated rings. The van der Waals surface area contributed by atoms with E-state index in [1.165, 1.54) is 6.42 Å². The van der Waals surface area contributed by atoms with Crippen LogP contribution in [0.3, 0.4) is 0 Å². The molecule has 102 valence electrons. The first-order chi connectivity index (χ1) is 7.99. The van der Waals surface area contributed by atoms with Gasteiger partial charge >= 0.3 is 0 Å². The van der Waals surface area contributed by atoms with Crippen LogP contribution in [-0.2, 0) is 4.74 Å². The Morgan fingerprint density at radius 3 is 2.59 bits per heavy atom. The van der Waals surface area contributed by atoms with E-state index < -0.39 is 0 Å². The van der Waals surface area contributed by atoms with E-state index in [4.69, 9.17) is 4.74 Å². The third-order valence-electron chi connectivity index (χ3n) is 3.60. The number of nitrogens with one attached hydrogen (secondary N) is 1. The van der Waals surface area contributed by atoms with Crippen molar-refractivity contribution in [1.29, 1.82) is 0 Å². The Morgan fingerprint density at radius 1 is 1.35 bits per heavy atom. The average Bonchev–Trinajstić information content (AvgIpc) is 2.23. The highest BCUT2D eigenvalue weighted by molar-refractivity contribution is 4.78. The maximum Gasteiger partial charge on any atom is 0.0561 e. The van der Waals surface area contributed by atoms with Gasteiger partial charge < -0.3 is 15.0 Å². The van der Waals surface area contributed by atoms with Gasteiger partial charge in [-0.3, -0.25) is 0 Å². The minimum Gasteiger partial charge on any atom is -0.378 e. The van der Waals surface area contributed by atoms with E-state index in [2.05, 4.69) is 45.1 Å². The van der Waals surface area contributed by atoms with Crippen molar-refractivity contribution in [1.82, 2.24) is 10.2 Å². The largest absolute Gasteiger partial charge is 0.378 e. The van der Waals surface area contributed by atoms with Crippen LogP contribution in [0, 0.1) is 5.92 Å². The van der Waals surface area contributed by atoms with Crippen molar-refractivity contribution in [3.8, 4) is 0 Å². The summed E-state index contributed by atoms with van der Waals surface area (Å²) >= 11 is 0. The van der Waals surface area contributed by atoms with Crippen molar-refractivity contribution in [2.24, 2.45) is 5.92 Å². The minimum atomic E-state index is 0.421. The Hall–Kier alpha value is -0.120. The first kappa shape index (κ1) is 14.9. The highest BCUT2D eigenvalue weighted by atomic mass is 16.5. The lowest BCUT2D eigenvalue weighted by Crippen LogP contribution is -2.45. The molecule has 1 aliphatic heterocycles. The number of hydrogen-bond donors (Lipinski definition) is 1. The van der Waals surface area contributed by atoms with Gasteiger partial charge in [-0.05, 0) is 46.2 Å². The smallest absolute Gasteiger partial charge is 0.0561 e. The third kappa shape index (κ3) is 5.84. The van der Waals surface area contributed by atoms with Crippen LogP contribution in [-0.4, -0.2) is 50.3 Å². The van der Waals surface area contributed by atoms with Crippen LogP contribution in [0.2, 0.25) is 0 Å². The summed E-state index contributed by atoms with van der Waals surface area (Å²) < 4.78 is 5.58. The van der Waals surface area contributed by atoms with Gasteiger partial charge in [-0.15, -0.1) is 0 Å². The molecule has 0 saturated carbocycles. The quantitative estimate of drug-likeness (QED) is 0.772. The fourth-order valence-electron chi connectivity index (χ4n) is 2.51. The van der Waals surface area contributed by atoms with E-state index in [-0.39, 0.29) is 0 Å². The first-order valence-corrected chi connectivity index (χ1v) is 7.00. The molecule has 0 aromatic carbocycles. The van der Waals surface area contributed by atoms with Crippen LogP contribution in [0.1, 0.15) is 40.0 Å². The lowest BCUT2D eigenvalue weighted by atomic mass is 10.0. The molecule has 3 atom stereocenters. The van der Waals surface area contributed by atoms with E-state index in [9.17, 15) is 0 Å². The second-order valence-corrected chi connectivity index (χ2v) is 6.06. The van der Waals surface area contributed by atoms with Crippen molar-refractivity contribution in [3.63, 3.8) is 0 Å². The van der Waals surface area contributed by atoms with Crippen molar-refractivity contribution < 1.29 is 4.74 Å². The lowest BCUT2D eigenvalue weighted by molar-refractivity contribution is 0.0122. The molecule has 0 bridgehead atoms. The van der Waals surface area contributed by atoms with Gasteiger partial charge in [0.15, 0.2) is 0 Å². The first-order valence-electron chi connectivity index (χ1n) is 7.00. The van der Waals surface area contributed by atoms with Crippen molar-refractivity contribution in [2.45, 2.75) is 58.2 Å². The Bertz CT molecular complexity index is 206. The molecule has 0 aliphatic carbocycles. The number of hydrogen-bond acceptors (Lipinski definition) is 3. The van der Waals surface area contributed by atoms with Gasteiger partial charge in [-0.1, -0.05) is 13.8 Å². The van der Waals surface area contributed by atoms with Crippen LogP contribution in [0.5, 0.6) is 0 Å². The third-order valence-corrected chi connectivity index (χ3v) is 3.60. The Kier molecular flexibility index (Phi) is 6.45. The molecule has 1 N–H and O–H groups in total. The van der Waals surface area contributed by atoms with Gasteiger partial charge in [-0.25, -0.2) is 0 Å². The summed E-state index contributed by atoms with van der Waals surface area (Å²) in [6, 6.07) is 1.29. The Balaban J connectivity index is 2.30. The zero-order chi connectivity index (χ0) is 12.8. The van der Waals surface area contributed by atoms with Gasteiger partial charge in [0.05, 0.1) is 6.10 Å². The summed E-state index contributed by atoms with van der Waals surface area (Å²) in [5, 5.41) is 3.72. The van der Waals surface area contributed by atoms with Crippen LogP contribution in [0.15, 0.2) is 0 Å². The maximum absolute atomic E-state index is 5.58. The van der Waals surface area contributed by atoms with Crippen LogP contribution in [0.4, 0.5) is 0 Å². The second-order valence-electron chi connectivity index (χ2n) is 6.06. The number of ether oxygens (including phenoxy) is 1. The summed E-state index contributed by atoms with van der Waals surface area (Å²) in [7, 11) is 4.36. The maximum atomic E-state index is 5.58. The highest BCUT2D eigenvalue weighted by Gasteiger charge is 2.21. The number of nitrogens with zero attached hydrogens (tertiary/aromatic N) is 1. The minimum absolute atomic E-state index is 0.421. The van der Waals surface area contributed by atoms with Gasteiger partial charge in [0.25, 0.3) is 0 Å². The molecular weight excluding hydrogens is 212 g/mol. The van der Waals surface area contributed by atoms with E-state index >= 15 is 0 Å². The molecule has 1 heterocycles. The Labute approximate surface area is 107 Å². The van der Waals surface area contributed by atoms with Gasteiger partial charge in [0.2, 0.25) is 0 Å². The number of rotatable bonds is 6. The monoisotopic (exact) mass is 242 g/mol. The summed E-state index contributed by atoms with van der Waals surface area (Å²) in [4.78, 5) is 2.34. The lowest BCUT2D eigenvalue weighted by Gasteiger charge is -2.32. The molecule has 17 heavy (non-hydrogen) atoms. The van der Waals surface area contributed by atoms with Crippen molar-refractivity contribution >= 4 is 0 Å². The summed E-state index contributed by atoms with van der Waals surface area (Å²) in [5.74, 6) is 0.762. The second kappa shape index (κ2) is 7.34. The predicted octanol–water partition coefficient (Wildman–Crippen LogP) is 2.12. The van der Waals surface area contributed by atoms with E-state index in [0.717, 1.165) is 31.9 Å². The van der Waals surface area contributed by atoms with Crippen molar-refractivity contribution in [2.75, 3.05) is 27.2 Å². The highest BCUT2D eigenvalue weighted by Crippen LogP contribution is 2.14. The molecule has 1 saturated heterocycles. The molecular formula is C14H30N2O. The average molecular weight is 242 g/mol. The topological polar surface area (TPSA) is 24.5 Å². The standard InChI is InChI=1S/C14H30N2O/c1-11(2)8-14(16(4)5)10-15-13-6-7-17-12(3)9-13/h11-15H,6-10H2,1-5H3. The van der Waals surface area contributed by atoms with Crippen LogP contribution in [0.25, 0.3) is 0 Å². The fourth-order valence-corrected chi connectivity index (χ4v) is 2.51. The normalized spacial score (nSPS) is 27.7. The zero-order valence-corrected chi connectivity index (χ0v) is 12.2. The summed E-state index contributed by atoms with van der Waals surface area (Å²) in [6.45, 7) is 8.78. The SMILES string of the molecule is CC(C)CC(CNC1CCOC(C)C1)N(C)C. The molecule has 1 aliphatic rings. The molecule has 1 rings (SSSR count). The van der Waals surface area contributed by atoms with Crippen LogP contribution < -0.4 is 5.32 Å². The van der Waals surface area contributed by atoms with E-state index in [0.29, 0.717) is 18.2 Å². The van der Waals surface area contributed by atoms with Crippen LogP contribution >= 0.6 is 0 Å². The van der Waals surface area contributed by atoms with Crippen molar-refractivity contribution in [3.05, 3.63) is 0 Å². The molecule has 3 unspecified atom stereocenters. The van der Waals surface area contributed by atoms with E-state index in [1.54, 1.807) is 0 Å². The Morgan fingerprint density at radius 2 is 2.06 bits per heavy atom. The zero-order valence-electron chi connectivity index (χ0n) is 12.2. The summed E-state index contributed by atoms with van der Waals surface area (Å²) in [6.07, 6.45) is 4.00. The van der Waals surface area contributed by atoms with E-state index in [1.807, 2.05) is 0 Å². The molecule has 0 radical (unpaired) electrons. The molecule has 0 aromatic rings. The molecule has 0 aromatic heterocycles. The summed E-state index contributed by atoms with van der Waals surface area (Å²) in [5.41, 5.74) is 0. The predicted molar refractivity (Wildman–Crippen MR) is 73.4 cm³/mol. The fraction of sp³-hybridized carbons (Fsp3) is 1.00. The molecule has 3 nitrogen and oxygen atoms in total. The van der Waals surface area contributed by atoms with Gasteiger partial charge in [0.1, 0.15) is 0 Å². The molecule has 0 spiro atoms. The van der Waals surface area contributed by atoms with Gasteiger partial charge in [-0.2, -0.15) is 0 Å². The van der Waals surface area contributed by atoms with Gasteiger partial charge in [0, 0.05) is 25.2 Å². The number of likely N-dealkylation sites (N-methyl/N-ethyl adjacent to an activating group) is 1.